The molecule has 2 aliphatic rings. The quantitative estimate of drug-likeness (QED) is 0.889. The van der Waals surface area contributed by atoms with Crippen LogP contribution in [0.4, 0.5) is 16.2 Å². The summed E-state index contributed by atoms with van der Waals surface area (Å²) in [5, 5.41) is 2.90. The number of rotatable bonds is 2. The zero-order valence-corrected chi connectivity index (χ0v) is 16.0. The van der Waals surface area contributed by atoms with E-state index in [4.69, 9.17) is 0 Å². The van der Waals surface area contributed by atoms with Gasteiger partial charge in [-0.05, 0) is 56.9 Å². The Kier molecular flexibility index (Phi) is 4.38. The summed E-state index contributed by atoms with van der Waals surface area (Å²) in [6.45, 7) is 6.51. The van der Waals surface area contributed by atoms with Crippen LogP contribution in [-0.2, 0) is 17.6 Å². The molecule has 140 valence electrons. The number of fused-ring (bicyclic) bond motifs is 2. The maximum absolute atomic E-state index is 13.1. The van der Waals surface area contributed by atoms with Crippen molar-refractivity contribution in [3.05, 3.63) is 59.2 Å². The van der Waals surface area contributed by atoms with Crippen LogP contribution in [0.25, 0.3) is 0 Å². The van der Waals surface area contributed by atoms with E-state index in [1.807, 2.05) is 42.2 Å². The first kappa shape index (κ1) is 17.6. The monoisotopic (exact) mass is 363 g/mol. The second-order valence-electron chi connectivity index (χ2n) is 7.60. The summed E-state index contributed by atoms with van der Waals surface area (Å²) >= 11 is 0. The second-order valence-corrected chi connectivity index (χ2v) is 7.60. The van der Waals surface area contributed by atoms with Crippen LogP contribution in [0.1, 0.15) is 30.5 Å². The molecule has 5 heteroatoms. The molecule has 2 atom stereocenters. The van der Waals surface area contributed by atoms with Gasteiger partial charge in [-0.2, -0.15) is 0 Å². The van der Waals surface area contributed by atoms with Crippen LogP contribution in [0, 0.1) is 6.92 Å². The number of carbonyl (C=O) groups excluding carboxylic acids is 2. The molecular weight excluding hydrogens is 338 g/mol. The van der Waals surface area contributed by atoms with Crippen LogP contribution in [0.3, 0.4) is 0 Å². The van der Waals surface area contributed by atoms with Crippen molar-refractivity contribution in [3.63, 3.8) is 0 Å². The maximum Gasteiger partial charge on any atom is 0.322 e. The highest BCUT2D eigenvalue weighted by Gasteiger charge is 2.34. The van der Waals surface area contributed by atoms with Gasteiger partial charge in [0.2, 0.25) is 5.91 Å². The third kappa shape index (κ3) is 3.07. The molecule has 2 aromatic carbocycles. The Morgan fingerprint density at radius 3 is 2.70 bits per heavy atom. The minimum atomic E-state index is -0.583. The molecule has 5 nitrogen and oxygen atoms in total. The van der Waals surface area contributed by atoms with Crippen LogP contribution in [0.2, 0.25) is 0 Å². The number of nitrogens with zero attached hydrogens (tertiary/aromatic N) is 2. The Balaban J connectivity index is 1.48. The standard InChI is InChI=1S/C22H25N3O2/c1-14-8-9-19-18(12-14)10-11-24(19)22(27)23-16(3)21(26)25-15(2)13-17-6-4-5-7-20(17)25/h4-9,12,15-16H,10-11,13H2,1-3H3,(H,23,27). The van der Waals surface area contributed by atoms with E-state index in [0.29, 0.717) is 6.54 Å². The molecule has 0 radical (unpaired) electrons. The Morgan fingerprint density at radius 2 is 1.89 bits per heavy atom. The largest absolute Gasteiger partial charge is 0.326 e. The SMILES string of the molecule is Cc1ccc2c(c1)CCN2C(=O)NC(C)C(=O)N1c2ccccc2CC1C. The van der Waals surface area contributed by atoms with Gasteiger partial charge in [0.15, 0.2) is 0 Å². The van der Waals surface area contributed by atoms with Crippen LogP contribution in [-0.4, -0.2) is 30.6 Å². The van der Waals surface area contributed by atoms with Gasteiger partial charge in [0.1, 0.15) is 6.04 Å². The normalized spacial score (nSPS) is 18.9. The van der Waals surface area contributed by atoms with Crippen molar-refractivity contribution in [1.82, 2.24) is 5.32 Å². The molecule has 4 rings (SSSR count). The van der Waals surface area contributed by atoms with E-state index >= 15 is 0 Å². The zero-order chi connectivity index (χ0) is 19.1. The zero-order valence-electron chi connectivity index (χ0n) is 16.0. The minimum absolute atomic E-state index is 0.0656. The highest BCUT2D eigenvalue weighted by atomic mass is 16.2. The van der Waals surface area contributed by atoms with Crippen molar-refractivity contribution in [3.8, 4) is 0 Å². The van der Waals surface area contributed by atoms with Gasteiger partial charge in [0.05, 0.1) is 0 Å². The fourth-order valence-electron chi connectivity index (χ4n) is 4.18. The van der Waals surface area contributed by atoms with Gasteiger partial charge in [0.25, 0.3) is 0 Å². The molecule has 27 heavy (non-hydrogen) atoms. The van der Waals surface area contributed by atoms with Gasteiger partial charge in [0, 0.05) is 24.0 Å². The Hall–Kier alpha value is -2.82. The number of hydrogen-bond donors (Lipinski definition) is 1. The highest BCUT2D eigenvalue weighted by Crippen LogP contribution is 2.32. The van der Waals surface area contributed by atoms with E-state index < -0.39 is 6.04 Å². The molecule has 2 aromatic rings. The lowest BCUT2D eigenvalue weighted by molar-refractivity contribution is -0.120. The summed E-state index contributed by atoms with van der Waals surface area (Å²) < 4.78 is 0. The van der Waals surface area contributed by atoms with Gasteiger partial charge in [-0.3, -0.25) is 9.69 Å². The second kappa shape index (κ2) is 6.72. The topological polar surface area (TPSA) is 52.7 Å². The molecular formula is C22H25N3O2. The number of carbonyl (C=O) groups is 2. The lowest BCUT2D eigenvalue weighted by Crippen LogP contribution is -2.52. The van der Waals surface area contributed by atoms with Gasteiger partial charge in [-0.1, -0.05) is 35.9 Å². The molecule has 0 saturated heterocycles. The van der Waals surface area contributed by atoms with Gasteiger partial charge in [-0.15, -0.1) is 0 Å². The lowest BCUT2D eigenvalue weighted by Gasteiger charge is -2.28. The molecule has 2 heterocycles. The van der Waals surface area contributed by atoms with Crippen molar-refractivity contribution in [2.45, 2.75) is 45.7 Å². The molecule has 0 bridgehead atoms. The number of urea groups is 1. The first-order valence-corrected chi connectivity index (χ1v) is 9.54. The summed E-state index contributed by atoms with van der Waals surface area (Å²) in [7, 11) is 0. The molecule has 2 unspecified atom stereocenters. The summed E-state index contributed by atoms with van der Waals surface area (Å²) in [5.74, 6) is -0.0656. The summed E-state index contributed by atoms with van der Waals surface area (Å²) in [6.07, 6.45) is 1.70. The maximum atomic E-state index is 13.1. The minimum Gasteiger partial charge on any atom is -0.326 e. The smallest absolute Gasteiger partial charge is 0.322 e. The van der Waals surface area contributed by atoms with E-state index in [-0.39, 0.29) is 18.0 Å². The number of para-hydroxylation sites is 1. The fraction of sp³-hybridized carbons (Fsp3) is 0.364. The Bertz CT molecular complexity index is 908. The molecule has 0 spiro atoms. The third-order valence-corrected chi connectivity index (χ3v) is 5.53. The first-order chi connectivity index (χ1) is 13.0. The average Bonchev–Trinajstić information content (AvgIpc) is 3.20. The number of amides is 3. The third-order valence-electron chi connectivity index (χ3n) is 5.53. The fourth-order valence-corrected chi connectivity index (χ4v) is 4.18. The average molecular weight is 363 g/mol. The molecule has 0 fully saturated rings. The number of aryl methyl sites for hydroxylation is 1. The van der Waals surface area contributed by atoms with Crippen molar-refractivity contribution >= 4 is 23.3 Å². The van der Waals surface area contributed by atoms with E-state index in [9.17, 15) is 9.59 Å². The number of nitrogens with one attached hydrogen (secondary N) is 1. The van der Waals surface area contributed by atoms with E-state index in [0.717, 1.165) is 24.2 Å². The first-order valence-electron chi connectivity index (χ1n) is 9.54. The van der Waals surface area contributed by atoms with Gasteiger partial charge < -0.3 is 10.2 Å². The van der Waals surface area contributed by atoms with Crippen molar-refractivity contribution in [1.29, 1.82) is 0 Å². The number of hydrogen-bond acceptors (Lipinski definition) is 2. The van der Waals surface area contributed by atoms with E-state index in [1.165, 1.54) is 16.7 Å². The predicted octanol–water partition coefficient (Wildman–Crippen LogP) is 3.43. The van der Waals surface area contributed by atoms with E-state index in [1.54, 1.807) is 11.8 Å². The molecule has 0 saturated carbocycles. The van der Waals surface area contributed by atoms with Crippen molar-refractivity contribution in [2.24, 2.45) is 0 Å². The van der Waals surface area contributed by atoms with Gasteiger partial charge in [-0.25, -0.2) is 4.79 Å². The van der Waals surface area contributed by atoms with Crippen molar-refractivity contribution < 1.29 is 9.59 Å². The molecule has 0 aliphatic carbocycles. The highest BCUT2D eigenvalue weighted by molar-refractivity contribution is 6.03. The van der Waals surface area contributed by atoms with Crippen LogP contribution in [0.5, 0.6) is 0 Å². The molecule has 3 amide bonds. The Morgan fingerprint density at radius 1 is 1.11 bits per heavy atom. The van der Waals surface area contributed by atoms with Gasteiger partial charge >= 0.3 is 6.03 Å². The molecule has 2 aliphatic heterocycles. The van der Waals surface area contributed by atoms with Crippen LogP contribution >= 0.6 is 0 Å². The Labute approximate surface area is 160 Å². The lowest BCUT2D eigenvalue weighted by atomic mass is 10.1. The van der Waals surface area contributed by atoms with Crippen molar-refractivity contribution in [2.75, 3.05) is 16.3 Å². The summed E-state index contributed by atoms with van der Waals surface area (Å²) in [5.41, 5.74) is 5.46. The van der Waals surface area contributed by atoms with E-state index in [2.05, 4.69) is 24.4 Å². The van der Waals surface area contributed by atoms with Crippen LogP contribution < -0.4 is 15.1 Å². The summed E-state index contributed by atoms with van der Waals surface area (Å²) in [4.78, 5) is 29.4. The van der Waals surface area contributed by atoms with Crippen LogP contribution in [0.15, 0.2) is 42.5 Å². The molecule has 0 aromatic heterocycles. The number of anilines is 2. The number of benzene rings is 2. The predicted molar refractivity (Wildman–Crippen MR) is 107 cm³/mol. The molecule has 1 N–H and O–H groups in total. The summed E-state index contributed by atoms with van der Waals surface area (Å²) in [6, 6.07) is 13.4.